The average Bonchev–Trinajstić information content (AvgIpc) is 2.35. The Kier molecular flexibility index (Phi) is 4.29. The van der Waals surface area contributed by atoms with Gasteiger partial charge in [0.15, 0.2) is 5.82 Å². The molecule has 4 nitrogen and oxygen atoms in total. The highest BCUT2D eigenvalue weighted by Gasteiger charge is 2.10. The van der Waals surface area contributed by atoms with Crippen molar-refractivity contribution in [1.29, 1.82) is 0 Å². The number of aromatic nitrogens is 1. The monoisotopic (exact) mass is 347 g/mol. The largest absolute Gasteiger partial charge is 0.437 e. The summed E-state index contributed by atoms with van der Waals surface area (Å²) in [5.41, 5.74) is 2.37. The van der Waals surface area contributed by atoms with Crippen LogP contribution in [0.15, 0.2) is 34.8 Å². The molecule has 0 radical (unpaired) electrons. The van der Waals surface area contributed by atoms with E-state index in [1.54, 1.807) is 12.1 Å². The minimum absolute atomic E-state index is 0.233. The summed E-state index contributed by atoms with van der Waals surface area (Å²) in [6, 6.07) is 8.78. The van der Waals surface area contributed by atoms with Gasteiger partial charge < -0.3 is 10.2 Å². The molecule has 18 heavy (non-hydrogen) atoms. The molecule has 7 heteroatoms. The lowest BCUT2D eigenvalue weighted by Gasteiger charge is -2.09. The highest BCUT2D eigenvalue weighted by Crippen LogP contribution is 2.33. The molecule has 0 atom stereocenters. The first-order valence-corrected chi connectivity index (χ1v) is 6.41. The number of hydrogen-bond donors (Lipinski definition) is 2. The molecule has 1 aromatic heterocycles. The maximum atomic E-state index is 5.99. The molecule has 0 fully saturated rings. The van der Waals surface area contributed by atoms with E-state index in [1.165, 1.54) is 6.07 Å². The van der Waals surface area contributed by atoms with Crippen molar-refractivity contribution in [2.45, 2.75) is 0 Å². The SMILES string of the molecule is NNc1nc(Oc2ccc(Br)cc2)c(Cl)cc1Cl. The van der Waals surface area contributed by atoms with Crippen LogP contribution in [0.3, 0.4) is 0 Å². The van der Waals surface area contributed by atoms with Gasteiger partial charge in [-0.1, -0.05) is 39.1 Å². The number of hydrogen-bond acceptors (Lipinski definition) is 4. The Hall–Kier alpha value is -1.01. The van der Waals surface area contributed by atoms with E-state index in [0.717, 1.165) is 4.47 Å². The van der Waals surface area contributed by atoms with Gasteiger partial charge in [0, 0.05) is 4.47 Å². The molecule has 2 aromatic rings. The van der Waals surface area contributed by atoms with E-state index >= 15 is 0 Å². The summed E-state index contributed by atoms with van der Waals surface area (Å²) in [5, 5.41) is 0.632. The second kappa shape index (κ2) is 5.75. The Morgan fingerprint density at radius 2 is 1.83 bits per heavy atom. The maximum absolute atomic E-state index is 5.99. The molecule has 1 aromatic carbocycles. The van der Waals surface area contributed by atoms with Crippen molar-refractivity contribution < 1.29 is 4.74 Å². The van der Waals surface area contributed by atoms with Gasteiger partial charge in [-0.25, -0.2) is 5.84 Å². The second-order valence-corrected chi connectivity index (χ2v) is 5.04. The molecule has 0 saturated carbocycles. The number of nitrogens with two attached hydrogens (primary N) is 1. The van der Waals surface area contributed by atoms with Crippen LogP contribution in [-0.4, -0.2) is 4.98 Å². The first-order valence-electron chi connectivity index (χ1n) is 4.86. The summed E-state index contributed by atoms with van der Waals surface area (Å²) in [5.74, 6) is 6.42. The Morgan fingerprint density at radius 3 is 2.44 bits per heavy atom. The van der Waals surface area contributed by atoms with E-state index in [4.69, 9.17) is 33.8 Å². The van der Waals surface area contributed by atoms with Crippen LogP contribution in [0.5, 0.6) is 11.6 Å². The number of nitrogens with one attached hydrogen (secondary N) is 1. The van der Waals surface area contributed by atoms with E-state index in [9.17, 15) is 0 Å². The third kappa shape index (κ3) is 3.05. The van der Waals surface area contributed by atoms with Crippen LogP contribution in [0.1, 0.15) is 0 Å². The summed E-state index contributed by atoms with van der Waals surface area (Å²) in [6.07, 6.45) is 0. The average molecular weight is 349 g/mol. The van der Waals surface area contributed by atoms with E-state index in [0.29, 0.717) is 21.6 Å². The summed E-state index contributed by atoms with van der Waals surface area (Å²) >= 11 is 15.2. The number of nitrogens with zero attached hydrogens (tertiary/aromatic N) is 1. The van der Waals surface area contributed by atoms with Gasteiger partial charge in [-0.3, -0.25) is 0 Å². The first kappa shape index (κ1) is 13.4. The molecule has 3 N–H and O–H groups in total. The van der Waals surface area contributed by atoms with E-state index < -0.39 is 0 Å². The third-order valence-corrected chi connectivity index (χ3v) is 3.15. The number of ether oxygens (including phenoxy) is 1. The van der Waals surface area contributed by atoms with Gasteiger partial charge in [-0.2, -0.15) is 4.98 Å². The molecule has 0 spiro atoms. The molecular formula is C11H8BrCl2N3O. The summed E-state index contributed by atoms with van der Waals surface area (Å²) in [7, 11) is 0. The van der Waals surface area contributed by atoms with Crippen molar-refractivity contribution in [2.24, 2.45) is 5.84 Å². The Balaban J connectivity index is 2.31. The lowest BCUT2D eigenvalue weighted by atomic mass is 10.3. The molecular weight excluding hydrogens is 341 g/mol. The van der Waals surface area contributed by atoms with Gasteiger partial charge in [0.1, 0.15) is 10.8 Å². The highest BCUT2D eigenvalue weighted by molar-refractivity contribution is 9.10. The van der Waals surface area contributed by atoms with Crippen LogP contribution in [0, 0.1) is 0 Å². The predicted octanol–water partition coefficient (Wildman–Crippen LogP) is 4.23. The summed E-state index contributed by atoms with van der Waals surface area (Å²) < 4.78 is 6.50. The molecule has 1 heterocycles. The van der Waals surface area contributed by atoms with Gasteiger partial charge in [-0.05, 0) is 30.3 Å². The van der Waals surface area contributed by atoms with Crippen LogP contribution in [0.25, 0.3) is 0 Å². The molecule has 0 aliphatic rings. The van der Waals surface area contributed by atoms with Crippen LogP contribution < -0.4 is 16.0 Å². The zero-order valence-corrected chi connectivity index (χ0v) is 12.1. The van der Waals surface area contributed by atoms with Crippen LogP contribution in [0.4, 0.5) is 5.82 Å². The van der Waals surface area contributed by atoms with E-state index in [-0.39, 0.29) is 5.88 Å². The molecule has 0 aliphatic carbocycles. The van der Waals surface area contributed by atoms with Crippen molar-refractivity contribution in [3.8, 4) is 11.6 Å². The minimum Gasteiger partial charge on any atom is -0.437 e. The van der Waals surface area contributed by atoms with Gasteiger partial charge >= 0.3 is 0 Å². The quantitative estimate of drug-likeness (QED) is 0.643. The Labute approximate surface area is 122 Å². The molecule has 0 bridgehead atoms. The van der Waals surface area contributed by atoms with Crippen LogP contribution in [0.2, 0.25) is 10.0 Å². The third-order valence-electron chi connectivity index (χ3n) is 2.06. The summed E-state index contributed by atoms with van der Waals surface area (Å²) in [4.78, 5) is 4.07. The number of nitrogen functional groups attached to an aromatic ring is 1. The van der Waals surface area contributed by atoms with Gasteiger partial charge in [0.25, 0.3) is 0 Å². The van der Waals surface area contributed by atoms with Crippen LogP contribution in [-0.2, 0) is 0 Å². The zero-order valence-electron chi connectivity index (χ0n) is 8.95. The number of halogens is 3. The maximum Gasteiger partial charge on any atom is 0.240 e. The van der Waals surface area contributed by atoms with Crippen molar-refractivity contribution in [3.63, 3.8) is 0 Å². The number of pyridine rings is 1. The number of anilines is 1. The zero-order chi connectivity index (χ0) is 13.1. The Bertz CT molecular complexity index is 563. The number of hydrazine groups is 1. The molecule has 94 valence electrons. The normalized spacial score (nSPS) is 10.2. The number of benzene rings is 1. The summed E-state index contributed by atoms with van der Waals surface area (Å²) in [6.45, 7) is 0. The lowest BCUT2D eigenvalue weighted by Crippen LogP contribution is -2.09. The van der Waals surface area contributed by atoms with Gasteiger partial charge in [0.05, 0.1) is 5.02 Å². The Morgan fingerprint density at radius 1 is 1.17 bits per heavy atom. The molecule has 2 rings (SSSR count). The van der Waals surface area contributed by atoms with Crippen molar-refractivity contribution in [2.75, 3.05) is 5.43 Å². The molecule has 0 unspecified atom stereocenters. The van der Waals surface area contributed by atoms with Crippen molar-refractivity contribution >= 4 is 44.9 Å². The standard InChI is InChI=1S/C11H8BrCl2N3O/c12-6-1-3-7(4-2-6)18-11-9(14)5-8(13)10(16-11)17-15/h1-5H,15H2,(H,16,17). The molecule has 0 aliphatic heterocycles. The van der Waals surface area contributed by atoms with Crippen LogP contribution >= 0.6 is 39.1 Å². The van der Waals surface area contributed by atoms with Crippen molar-refractivity contribution in [3.05, 3.63) is 44.8 Å². The van der Waals surface area contributed by atoms with E-state index in [2.05, 4.69) is 26.3 Å². The van der Waals surface area contributed by atoms with Gasteiger partial charge in [-0.15, -0.1) is 0 Å². The van der Waals surface area contributed by atoms with E-state index in [1.807, 2.05) is 12.1 Å². The number of rotatable bonds is 3. The minimum atomic E-state index is 0.233. The molecule has 0 amide bonds. The highest BCUT2D eigenvalue weighted by atomic mass is 79.9. The fourth-order valence-corrected chi connectivity index (χ4v) is 1.95. The second-order valence-electron chi connectivity index (χ2n) is 3.31. The predicted molar refractivity (Wildman–Crippen MR) is 76.3 cm³/mol. The van der Waals surface area contributed by atoms with Gasteiger partial charge in [0.2, 0.25) is 5.88 Å². The van der Waals surface area contributed by atoms with Crippen molar-refractivity contribution in [1.82, 2.24) is 4.98 Å². The fraction of sp³-hybridized carbons (Fsp3) is 0. The molecule has 0 saturated heterocycles. The fourth-order valence-electron chi connectivity index (χ4n) is 1.24. The smallest absolute Gasteiger partial charge is 0.240 e. The topological polar surface area (TPSA) is 60.2 Å². The first-order chi connectivity index (χ1) is 8.60. The lowest BCUT2D eigenvalue weighted by molar-refractivity contribution is 0.464.